The van der Waals surface area contributed by atoms with E-state index in [1.807, 2.05) is 6.07 Å². The van der Waals surface area contributed by atoms with Crippen molar-refractivity contribution in [2.75, 3.05) is 13.1 Å². The van der Waals surface area contributed by atoms with E-state index in [0.717, 1.165) is 4.90 Å². The minimum atomic E-state index is -3.00. The zero-order chi connectivity index (χ0) is 16.2. The summed E-state index contributed by atoms with van der Waals surface area (Å²) in [6.45, 7) is -1.23. The number of rotatable bonds is 3. The minimum absolute atomic E-state index is 0.0759. The molecule has 1 aliphatic heterocycles. The van der Waals surface area contributed by atoms with E-state index in [4.69, 9.17) is 5.26 Å². The predicted octanol–water partition coefficient (Wildman–Crippen LogP) is 0.961. The molecule has 0 aromatic carbocycles. The van der Waals surface area contributed by atoms with Crippen LogP contribution in [-0.4, -0.2) is 46.8 Å². The Labute approximate surface area is 125 Å². The first-order chi connectivity index (χ1) is 10.4. The molecular formula is C14H14F2N4O2. The van der Waals surface area contributed by atoms with Crippen molar-refractivity contribution in [2.24, 2.45) is 0 Å². The Morgan fingerprint density at radius 2 is 2.14 bits per heavy atom. The van der Waals surface area contributed by atoms with Crippen LogP contribution >= 0.6 is 0 Å². The summed E-state index contributed by atoms with van der Waals surface area (Å²) in [4.78, 5) is 28.4. The van der Waals surface area contributed by atoms with E-state index in [-0.39, 0.29) is 6.42 Å². The van der Waals surface area contributed by atoms with E-state index >= 15 is 0 Å². The Hall–Kier alpha value is -2.56. The van der Waals surface area contributed by atoms with E-state index in [0.29, 0.717) is 5.56 Å². The highest BCUT2D eigenvalue weighted by Crippen LogP contribution is 2.29. The Balaban J connectivity index is 1.96. The van der Waals surface area contributed by atoms with Crippen molar-refractivity contribution in [1.82, 2.24) is 15.2 Å². The van der Waals surface area contributed by atoms with Crippen LogP contribution in [-0.2, 0) is 4.79 Å². The van der Waals surface area contributed by atoms with Crippen molar-refractivity contribution in [3.63, 3.8) is 0 Å². The monoisotopic (exact) mass is 308 g/mol. The highest BCUT2D eigenvalue weighted by Gasteiger charge is 2.42. The standard InChI is InChI=1S/C14H14F2N4O2/c15-14(16)4-1-11(7-17)20(9-14)12(21)8-19-13(22)10-2-5-18-6-3-10/h2-3,5-6,11H,1,4,8-9H2,(H,19,22). The summed E-state index contributed by atoms with van der Waals surface area (Å²) in [5.74, 6) is -4.21. The van der Waals surface area contributed by atoms with Crippen LogP contribution in [0.15, 0.2) is 24.5 Å². The van der Waals surface area contributed by atoms with Gasteiger partial charge in [-0.3, -0.25) is 14.6 Å². The van der Waals surface area contributed by atoms with Gasteiger partial charge in [-0.1, -0.05) is 0 Å². The number of alkyl halides is 2. The van der Waals surface area contributed by atoms with Crippen LogP contribution in [0, 0.1) is 11.3 Å². The number of halogens is 2. The molecule has 1 N–H and O–H groups in total. The number of hydrogen-bond acceptors (Lipinski definition) is 4. The van der Waals surface area contributed by atoms with Crippen molar-refractivity contribution < 1.29 is 18.4 Å². The maximum absolute atomic E-state index is 13.4. The summed E-state index contributed by atoms with van der Waals surface area (Å²) in [5, 5.41) is 11.3. The van der Waals surface area contributed by atoms with Gasteiger partial charge in [-0.2, -0.15) is 5.26 Å². The third-order valence-electron chi connectivity index (χ3n) is 3.37. The largest absolute Gasteiger partial charge is 0.343 e. The lowest BCUT2D eigenvalue weighted by Gasteiger charge is -2.36. The Morgan fingerprint density at radius 1 is 1.45 bits per heavy atom. The van der Waals surface area contributed by atoms with E-state index in [2.05, 4.69) is 10.3 Å². The lowest BCUT2D eigenvalue weighted by molar-refractivity contribution is -0.143. The first-order valence-corrected chi connectivity index (χ1v) is 6.68. The molecule has 1 aliphatic rings. The summed E-state index contributed by atoms with van der Waals surface area (Å²) < 4.78 is 26.8. The van der Waals surface area contributed by atoms with Crippen molar-refractivity contribution >= 4 is 11.8 Å². The summed E-state index contributed by atoms with van der Waals surface area (Å²) in [6, 6.07) is 3.89. The lowest BCUT2D eigenvalue weighted by Crippen LogP contribution is -2.53. The maximum Gasteiger partial charge on any atom is 0.265 e. The SMILES string of the molecule is N#CC1CCC(F)(F)CN1C(=O)CNC(=O)c1ccncc1. The topological polar surface area (TPSA) is 86.1 Å². The van der Waals surface area contributed by atoms with Gasteiger partial charge in [0.25, 0.3) is 11.8 Å². The molecule has 1 saturated heterocycles. The fourth-order valence-corrected chi connectivity index (χ4v) is 2.20. The zero-order valence-corrected chi connectivity index (χ0v) is 11.6. The van der Waals surface area contributed by atoms with Crippen molar-refractivity contribution in [2.45, 2.75) is 24.8 Å². The molecule has 2 heterocycles. The van der Waals surface area contributed by atoms with E-state index in [1.54, 1.807) is 0 Å². The van der Waals surface area contributed by atoms with Crippen molar-refractivity contribution in [3.05, 3.63) is 30.1 Å². The van der Waals surface area contributed by atoms with Gasteiger partial charge in [0.2, 0.25) is 5.91 Å². The van der Waals surface area contributed by atoms with Gasteiger partial charge in [-0.15, -0.1) is 0 Å². The molecule has 0 aliphatic carbocycles. The van der Waals surface area contributed by atoms with Crippen LogP contribution in [0.25, 0.3) is 0 Å². The molecule has 2 amide bonds. The number of aromatic nitrogens is 1. The molecule has 0 bridgehead atoms. The smallest absolute Gasteiger partial charge is 0.265 e. The number of pyridine rings is 1. The molecule has 0 radical (unpaired) electrons. The van der Waals surface area contributed by atoms with Crippen molar-refractivity contribution in [1.29, 1.82) is 5.26 Å². The van der Waals surface area contributed by atoms with Gasteiger partial charge in [0, 0.05) is 24.4 Å². The van der Waals surface area contributed by atoms with E-state index < -0.39 is 43.3 Å². The second-order valence-corrected chi connectivity index (χ2v) is 4.98. The number of piperidine rings is 1. The summed E-state index contributed by atoms with van der Waals surface area (Å²) in [5.41, 5.74) is 0.309. The van der Waals surface area contributed by atoms with Crippen molar-refractivity contribution in [3.8, 4) is 6.07 Å². The van der Waals surface area contributed by atoms with Gasteiger partial charge < -0.3 is 10.2 Å². The third-order valence-corrected chi connectivity index (χ3v) is 3.37. The molecular weight excluding hydrogens is 294 g/mol. The fraction of sp³-hybridized carbons (Fsp3) is 0.429. The van der Waals surface area contributed by atoms with Crippen LogP contribution < -0.4 is 5.32 Å². The molecule has 0 saturated carbocycles. The van der Waals surface area contributed by atoms with Crippen LogP contribution in [0.4, 0.5) is 8.78 Å². The Kier molecular flexibility index (Phi) is 4.65. The van der Waals surface area contributed by atoms with Gasteiger partial charge in [0.05, 0.1) is 19.2 Å². The molecule has 116 valence electrons. The van der Waals surface area contributed by atoms with Gasteiger partial charge in [0.1, 0.15) is 6.04 Å². The summed E-state index contributed by atoms with van der Waals surface area (Å²) >= 11 is 0. The lowest BCUT2D eigenvalue weighted by atomic mass is 10.00. The maximum atomic E-state index is 13.4. The first kappa shape index (κ1) is 15.8. The van der Waals surface area contributed by atoms with Gasteiger partial charge in [-0.05, 0) is 18.6 Å². The predicted molar refractivity (Wildman–Crippen MR) is 71.9 cm³/mol. The van der Waals surface area contributed by atoms with Gasteiger partial charge >= 0.3 is 0 Å². The summed E-state index contributed by atoms with van der Waals surface area (Å²) in [7, 11) is 0. The average molecular weight is 308 g/mol. The number of carbonyl (C=O) groups excluding carboxylic acids is 2. The van der Waals surface area contributed by atoms with Crippen LogP contribution in [0.1, 0.15) is 23.2 Å². The van der Waals surface area contributed by atoms with E-state index in [1.165, 1.54) is 24.5 Å². The highest BCUT2D eigenvalue weighted by molar-refractivity contribution is 5.96. The number of nitrogens with one attached hydrogen (secondary N) is 1. The molecule has 8 heteroatoms. The quantitative estimate of drug-likeness (QED) is 0.901. The number of nitrogens with zero attached hydrogens (tertiary/aromatic N) is 3. The fourth-order valence-electron chi connectivity index (χ4n) is 2.20. The van der Waals surface area contributed by atoms with Crippen LogP contribution in [0.5, 0.6) is 0 Å². The van der Waals surface area contributed by atoms with Gasteiger partial charge in [0.15, 0.2) is 0 Å². The van der Waals surface area contributed by atoms with Crippen LogP contribution in [0.3, 0.4) is 0 Å². The molecule has 6 nitrogen and oxygen atoms in total. The number of amides is 2. The second-order valence-electron chi connectivity index (χ2n) is 4.98. The average Bonchev–Trinajstić information content (AvgIpc) is 2.52. The second kappa shape index (κ2) is 6.47. The molecule has 1 fully saturated rings. The Morgan fingerprint density at radius 3 is 2.77 bits per heavy atom. The molecule has 2 rings (SSSR count). The zero-order valence-electron chi connectivity index (χ0n) is 11.6. The molecule has 22 heavy (non-hydrogen) atoms. The van der Waals surface area contributed by atoms with E-state index in [9.17, 15) is 18.4 Å². The number of carbonyl (C=O) groups is 2. The first-order valence-electron chi connectivity index (χ1n) is 6.68. The van der Waals surface area contributed by atoms with Gasteiger partial charge in [-0.25, -0.2) is 8.78 Å². The third kappa shape index (κ3) is 3.75. The molecule has 1 aromatic heterocycles. The summed E-state index contributed by atoms with van der Waals surface area (Å²) in [6.07, 6.45) is 2.35. The van der Waals surface area contributed by atoms with Crippen LogP contribution in [0.2, 0.25) is 0 Å². The highest BCUT2D eigenvalue weighted by atomic mass is 19.3. The molecule has 1 aromatic rings. The number of likely N-dealkylation sites (tertiary alicyclic amines) is 1. The minimum Gasteiger partial charge on any atom is -0.343 e. The number of hydrogen-bond donors (Lipinski definition) is 1. The molecule has 1 unspecified atom stereocenters. The molecule has 0 spiro atoms. The Bertz CT molecular complexity index is 601. The normalized spacial score (nSPS) is 20.0. The molecule has 1 atom stereocenters. The number of nitriles is 1.